The van der Waals surface area contributed by atoms with Crippen LogP contribution in [0.2, 0.25) is 0 Å². The van der Waals surface area contributed by atoms with E-state index in [2.05, 4.69) is 0 Å². The van der Waals surface area contributed by atoms with Gasteiger partial charge in [-0.25, -0.2) is 13.2 Å². The van der Waals surface area contributed by atoms with E-state index in [1.807, 2.05) is 0 Å². The lowest BCUT2D eigenvalue weighted by Crippen LogP contribution is -2.19. The van der Waals surface area contributed by atoms with Crippen molar-refractivity contribution in [3.63, 3.8) is 0 Å². The van der Waals surface area contributed by atoms with Crippen molar-refractivity contribution in [3.05, 3.63) is 53.3 Å². The number of nitrogen functional groups attached to an aromatic ring is 1. The van der Waals surface area contributed by atoms with Crippen molar-refractivity contribution in [1.29, 1.82) is 0 Å². The molecule has 0 bridgehead atoms. The minimum absolute atomic E-state index is 0.00906. The molecule has 0 aliphatic heterocycles. The summed E-state index contributed by atoms with van der Waals surface area (Å²) in [7, 11) is 1.62. The smallest absolute Gasteiger partial charge is 0.302 e. The van der Waals surface area contributed by atoms with Gasteiger partial charge < -0.3 is 20.1 Å². The van der Waals surface area contributed by atoms with Crippen LogP contribution in [-0.2, 0) is 16.1 Å². The van der Waals surface area contributed by atoms with Crippen LogP contribution < -0.4 is 15.4 Å². The largest absolute Gasteiger partial charge is 0.490 e. The summed E-state index contributed by atoms with van der Waals surface area (Å²) in [4.78, 5) is 12.3. The first kappa shape index (κ1) is 19.4. The lowest BCUT2D eigenvalue weighted by Gasteiger charge is -2.22. The van der Waals surface area contributed by atoms with Gasteiger partial charge in [-0.05, 0) is 30.3 Å². The van der Waals surface area contributed by atoms with Crippen LogP contribution >= 0.6 is 0 Å². The molecule has 0 heterocycles. The van der Waals surface area contributed by atoms with Gasteiger partial charge in [0.2, 0.25) is 0 Å². The third kappa shape index (κ3) is 4.81. The van der Waals surface area contributed by atoms with Crippen molar-refractivity contribution >= 4 is 17.3 Å². The number of nitrogens with two attached hydrogens (primary N) is 1. The highest BCUT2D eigenvalue weighted by molar-refractivity contribution is 5.65. The number of carbonyl (C=O) groups is 1. The minimum Gasteiger partial charge on any atom is -0.490 e. The van der Waals surface area contributed by atoms with Gasteiger partial charge in [0.05, 0.1) is 11.3 Å². The molecule has 0 saturated heterocycles. The number of esters is 1. The number of hydrogen-bond acceptors (Lipinski definition) is 5. The molecule has 0 aromatic heterocycles. The molecule has 0 amide bonds. The second-order valence-corrected chi connectivity index (χ2v) is 5.59. The van der Waals surface area contributed by atoms with E-state index in [1.54, 1.807) is 11.9 Å². The highest BCUT2D eigenvalue weighted by Gasteiger charge is 2.17. The van der Waals surface area contributed by atoms with Crippen molar-refractivity contribution < 1.29 is 27.4 Å². The van der Waals surface area contributed by atoms with E-state index in [0.29, 0.717) is 5.69 Å². The third-order valence-electron chi connectivity index (χ3n) is 3.61. The van der Waals surface area contributed by atoms with Gasteiger partial charge >= 0.3 is 5.97 Å². The van der Waals surface area contributed by atoms with Crippen LogP contribution in [0.3, 0.4) is 0 Å². The molecule has 2 aromatic rings. The molecule has 0 aliphatic carbocycles. The molecular weight excluding hydrogens is 349 g/mol. The standard InChI is InChI=1S/C18H19F3N2O3/c1-11(24)25-7-8-26-17-6-5-15(20)18(21)13(17)10-23(2)12-3-4-14(19)16(22)9-12/h3-6,9H,7-8,10,22H2,1-2H3. The highest BCUT2D eigenvalue weighted by atomic mass is 19.2. The fourth-order valence-corrected chi connectivity index (χ4v) is 2.29. The zero-order valence-corrected chi connectivity index (χ0v) is 14.4. The molecule has 8 heteroatoms. The van der Waals surface area contributed by atoms with Crippen molar-refractivity contribution in [2.45, 2.75) is 13.5 Å². The van der Waals surface area contributed by atoms with Crippen molar-refractivity contribution in [3.8, 4) is 5.75 Å². The summed E-state index contributed by atoms with van der Waals surface area (Å²) in [6, 6.07) is 6.32. The van der Waals surface area contributed by atoms with Crippen LogP contribution in [-0.4, -0.2) is 26.2 Å². The summed E-state index contributed by atoms with van der Waals surface area (Å²) in [5, 5.41) is 0. The van der Waals surface area contributed by atoms with E-state index in [-0.39, 0.29) is 36.8 Å². The van der Waals surface area contributed by atoms with E-state index in [9.17, 15) is 18.0 Å². The Kier molecular flexibility index (Phi) is 6.32. The summed E-state index contributed by atoms with van der Waals surface area (Å²) in [6.45, 7) is 1.19. The first-order valence-electron chi connectivity index (χ1n) is 7.78. The molecule has 2 rings (SSSR count). The molecular formula is C18H19F3N2O3. The van der Waals surface area contributed by atoms with Gasteiger partial charge in [0.15, 0.2) is 11.6 Å². The third-order valence-corrected chi connectivity index (χ3v) is 3.61. The molecule has 5 nitrogen and oxygen atoms in total. The Morgan fingerprint density at radius 3 is 2.46 bits per heavy atom. The van der Waals surface area contributed by atoms with E-state index < -0.39 is 23.4 Å². The summed E-state index contributed by atoms with van der Waals surface area (Å²) in [5.74, 6) is -2.96. The van der Waals surface area contributed by atoms with Crippen molar-refractivity contribution in [1.82, 2.24) is 0 Å². The van der Waals surface area contributed by atoms with Crippen LogP contribution in [0.5, 0.6) is 5.75 Å². The number of anilines is 2. The number of hydrogen-bond donors (Lipinski definition) is 1. The quantitative estimate of drug-likeness (QED) is 0.462. The SMILES string of the molecule is CC(=O)OCCOc1ccc(F)c(F)c1CN(C)c1ccc(F)c(N)c1. The zero-order chi connectivity index (χ0) is 19.3. The highest BCUT2D eigenvalue weighted by Crippen LogP contribution is 2.28. The maximum absolute atomic E-state index is 14.3. The van der Waals surface area contributed by atoms with Gasteiger partial charge in [-0.3, -0.25) is 4.79 Å². The monoisotopic (exact) mass is 368 g/mol. The molecule has 0 radical (unpaired) electrons. The van der Waals surface area contributed by atoms with Gasteiger partial charge in [0, 0.05) is 26.2 Å². The fourth-order valence-electron chi connectivity index (χ4n) is 2.29. The Balaban J connectivity index is 2.19. The number of rotatable bonds is 7. The van der Waals surface area contributed by atoms with E-state index >= 15 is 0 Å². The number of halogens is 3. The van der Waals surface area contributed by atoms with Gasteiger partial charge in [0.25, 0.3) is 0 Å². The normalized spacial score (nSPS) is 10.5. The van der Waals surface area contributed by atoms with Crippen molar-refractivity contribution in [2.75, 3.05) is 30.9 Å². The lowest BCUT2D eigenvalue weighted by molar-refractivity contribution is -0.141. The van der Waals surface area contributed by atoms with Gasteiger partial charge in [-0.15, -0.1) is 0 Å². The van der Waals surface area contributed by atoms with Gasteiger partial charge in [-0.1, -0.05) is 0 Å². The number of carbonyl (C=O) groups excluding carboxylic acids is 1. The lowest BCUT2D eigenvalue weighted by atomic mass is 10.1. The summed E-state index contributed by atoms with van der Waals surface area (Å²) in [5.41, 5.74) is 6.00. The second kappa shape index (κ2) is 8.46. The molecule has 0 saturated carbocycles. The molecule has 2 aromatic carbocycles. The molecule has 26 heavy (non-hydrogen) atoms. The Morgan fingerprint density at radius 2 is 1.81 bits per heavy atom. The predicted octanol–water partition coefficient (Wildman–Crippen LogP) is 3.26. The molecule has 140 valence electrons. The van der Waals surface area contributed by atoms with Crippen LogP contribution in [0.25, 0.3) is 0 Å². The predicted molar refractivity (Wildman–Crippen MR) is 91.4 cm³/mol. The summed E-state index contributed by atoms with van der Waals surface area (Å²) < 4.78 is 51.3. The van der Waals surface area contributed by atoms with Crippen LogP contribution in [0.15, 0.2) is 30.3 Å². The van der Waals surface area contributed by atoms with Gasteiger partial charge in [0.1, 0.15) is 24.8 Å². The zero-order valence-electron chi connectivity index (χ0n) is 14.4. The molecule has 0 spiro atoms. The topological polar surface area (TPSA) is 64.8 Å². The molecule has 0 atom stereocenters. The van der Waals surface area contributed by atoms with Crippen LogP contribution in [0.1, 0.15) is 12.5 Å². The van der Waals surface area contributed by atoms with Crippen molar-refractivity contribution in [2.24, 2.45) is 0 Å². The Hall–Kier alpha value is -2.90. The number of ether oxygens (including phenoxy) is 2. The van der Waals surface area contributed by atoms with E-state index in [0.717, 1.165) is 6.07 Å². The minimum atomic E-state index is -1.04. The summed E-state index contributed by atoms with van der Waals surface area (Å²) >= 11 is 0. The van der Waals surface area contributed by atoms with E-state index in [1.165, 1.54) is 31.2 Å². The first-order valence-corrected chi connectivity index (χ1v) is 7.78. The molecule has 2 N–H and O–H groups in total. The Bertz CT molecular complexity index is 799. The average molecular weight is 368 g/mol. The first-order chi connectivity index (χ1) is 12.3. The number of nitrogens with zero attached hydrogens (tertiary/aromatic N) is 1. The number of benzene rings is 2. The fraction of sp³-hybridized carbons (Fsp3) is 0.278. The molecule has 0 unspecified atom stereocenters. The average Bonchev–Trinajstić information content (AvgIpc) is 2.59. The Morgan fingerprint density at radius 1 is 1.12 bits per heavy atom. The second-order valence-electron chi connectivity index (χ2n) is 5.59. The van der Waals surface area contributed by atoms with Crippen LogP contribution in [0.4, 0.5) is 24.5 Å². The van der Waals surface area contributed by atoms with Crippen LogP contribution in [0, 0.1) is 17.5 Å². The van der Waals surface area contributed by atoms with Gasteiger partial charge in [-0.2, -0.15) is 0 Å². The maximum Gasteiger partial charge on any atom is 0.302 e. The van der Waals surface area contributed by atoms with E-state index in [4.69, 9.17) is 15.2 Å². The molecule has 0 aliphatic rings. The maximum atomic E-state index is 14.3. The molecule has 0 fully saturated rings. The Labute approximate surface area is 149 Å². The summed E-state index contributed by atoms with van der Waals surface area (Å²) in [6.07, 6.45) is 0.